The highest BCUT2D eigenvalue weighted by Gasteiger charge is 2.07. The first-order valence-electron chi connectivity index (χ1n) is 6.14. The van der Waals surface area contributed by atoms with E-state index in [2.05, 4.69) is 37.5 Å². The van der Waals surface area contributed by atoms with Gasteiger partial charge >= 0.3 is 0 Å². The standard InChI is InChI=1S/C15H11BrClN3/c16-13-8-4-1-5-10(13)9-18-15-12-7-3-2-6-11(12)14(17)19-20-15/h1-8H,9H2,(H,18,20). The number of fused-ring (bicyclic) bond motifs is 1. The molecule has 0 saturated heterocycles. The van der Waals surface area contributed by atoms with Gasteiger partial charge in [0.25, 0.3) is 0 Å². The molecule has 1 heterocycles. The summed E-state index contributed by atoms with van der Waals surface area (Å²) >= 11 is 9.60. The second kappa shape index (κ2) is 5.77. The topological polar surface area (TPSA) is 37.8 Å². The lowest BCUT2D eigenvalue weighted by Crippen LogP contribution is -2.04. The number of hydrogen-bond donors (Lipinski definition) is 1. The van der Waals surface area contributed by atoms with E-state index in [1.54, 1.807) is 0 Å². The molecule has 100 valence electrons. The Labute approximate surface area is 130 Å². The Morgan fingerprint density at radius 3 is 2.45 bits per heavy atom. The number of hydrogen-bond acceptors (Lipinski definition) is 3. The van der Waals surface area contributed by atoms with Gasteiger partial charge in [-0.05, 0) is 11.6 Å². The molecule has 3 nitrogen and oxygen atoms in total. The summed E-state index contributed by atoms with van der Waals surface area (Å²) in [4.78, 5) is 0. The SMILES string of the molecule is Clc1nnc(NCc2ccccc2Br)c2ccccc12. The van der Waals surface area contributed by atoms with Crippen molar-refractivity contribution >= 4 is 44.1 Å². The second-order valence-corrected chi connectivity index (χ2v) is 5.54. The van der Waals surface area contributed by atoms with Crippen molar-refractivity contribution in [1.29, 1.82) is 0 Å². The van der Waals surface area contributed by atoms with Crippen LogP contribution in [-0.2, 0) is 6.54 Å². The van der Waals surface area contributed by atoms with Crippen molar-refractivity contribution in [3.8, 4) is 0 Å². The molecule has 1 aromatic heterocycles. The monoisotopic (exact) mass is 347 g/mol. The third-order valence-corrected chi connectivity index (χ3v) is 4.10. The summed E-state index contributed by atoms with van der Waals surface area (Å²) in [6, 6.07) is 15.9. The Balaban J connectivity index is 1.92. The number of nitrogens with zero attached hydrogens (tertiary/aromatic N) is 2. The maximum absolute atomic E-state index is 6.06. The summed E-state index contributed by atoms with van der Waals surface area (Å²) in [6.45, 7) is 0.668. The Bertz CT molecular complexity index is 761. The van der Waals surface area contributed by atoms with Gasteiger partial charge in [0.15, 0.2) is 11.0 Å². The quantitative estimate of drug-likeness (QED) is 0.748. The van der Waals surface area contributed by atoms with Gasteiger partial charge in [-0.3, -0.25) is 0 Å². The molecule has 3 rings (SSSR count). The van der Waals surface area contributed by atoms with Gasteiger partial charge in [-0.15, -0.1) is 10.2 Å². The van der Waals surface area contributed by atoms with E-state index in [0.717, 1.165) is 26.6 Å². The third-order valence-electron chi connectivity index (χ3n) is 3.05. The lowest BCUT2D eigenvalue weighted by Gasteiger charge is -2.09. The highest BCUT2D eigenvalue weighted by molar-refractivity contribution is 9.10. The smallest absolute Gasteiger partial charge is 0.159 e. The summed E-state index contributed by atoms with van der Waals surface area (Å²) in [5.41, 5.74) is 1.16. The molecule has 0 amide bonds. The molecule has 0 fully saturated rings. The number of nitrogens with one attached hydrogen (secondary N) is 1. The van der Waals surface area contributed by atoms with Crippen LogP contribution in [0, 0.1) is 0 Å². The number of aromatic nitrogens is 2. The molecule has 0 unspecified atom stereocenters. The van der Waals surface area contributed by atoms with E-state index in [1.165, 1.54) is 0 Å². The molecule has 1 N–H and O–H groups in total. The molecule has 0 aliphatic carbocycles. The van der Waals surface area contributed by atoms with Crippen LogP contribution in [0.5, 0.6) is 0 Å². The van der Waals surface area contributed by atoms with Crippen LogP contribution >= 0.6 is 27.5 Å². The summed E-state index contributed by atoms with van der Waals surface area (Å²) in [7, 11) is 0. The predicted octanol–water partition coefficient (Wildman–Crippen LogP) is 4.66. The zero-order valence-electron chi connectivity index (χ0n) is 10.5. The number of anilines is 1. The van der Waals surface area contributed by atoms with Crippen LogP contribution in [0.15, 0.2) is 53.0 Å². The summed E-state index contributed by atoms with van der Waals surface area (Å²) in [6.07, 6.45) is 0. The molecule has 0 atom stereocenters. The van der Waals surface area contributed by atoms with Crippen LogP contribution in [0.25, 0.3) is 10.8 Å². The molecule has 0 bridgehead atoms. The highest BCUT2D eigenvalue weighted by atomic mass is 79.9. The molecular weight excluding hydrogens is 338 g/mol. The lowest BCUT2D eigenvalue weighted by molar-refractivity contribution is 1.01. The Hall–Kier alpha value is -1.65. The normalized spacial score (nSPS) is 10.7. The van der Waals surface area contributed by atoms with E-state index < -0.39 is 0 Å². The van der Waals surface area contributed by atoms with Crippen molar-refractivity contribution in [2.45, 2.75) is 6.54 Å². The fraction of sp³-hybridized carbons (Fsp3) is 0.0667. The zero-order valence-corrected chi connectivity index (χ0v) is 12.8. The van der Waals surface area contributed by atoms with E-state index in [1.807, 2.05) is 42.5 Å². The molecule has 5 heteroatoms. The van der Waals surface area contributed by atoms with Gasteiger partial charge in [0.05, 0.1) is 0 Å². The van der Waals surface area contributed by atoms with E-state index in [9.17, 15) is 0 Å². The third kappa shape index (κ3) is 2.62. The average molecular weight is 349 g/mol. The van der Waals surface area contributed by atoms with Crippen LogP contribution in [0.3, 0.4) is 0 Å². The summed E-state index contributed by atoms with van der Waals surface area (Å²) < 4.78 is 1.07. The molecule has 0 spiro atoms. The van der Waals surface area contributed by atoms with Crippen LogP contribution in [0.1, 0.15) is 5.56 Å². The molecule has 20 heavy (non-hydrogen) atoms. The van der Waals surface area contributed by atoms with Crippen LogP contribution in [0.2, 0.25) is 5.15 Å². The minimum absolute atomic E-state index is 0.423. The highest BCUT2D eigenvalue weighted by Crippen LogP contribution is 2.26. The van der Waals surface area contributed by atoms with Crippen LogP contribution < -0.4 is 5.32 Å². The van der Waals surface area contributed by atoms with Gasteiger partial charge in [-0.25, -0.2) is 0 Å². The van der Waals surface area contributed by atoms with E-state index in [0.29, 0.717) is 11.7 Å². The number of rotatable bonds is 3. The number of benzene rings is 2. The molecule has 0 aliphatic heterocycles. The van der Waals surface area contributed by atoms with Gasteiger partial charge < -0.3 is 5.32 Å². The van der Waals surface area contributed by atoms with Crippen molar-refractivity contribution in [1.82, 2.24) is 10.2 Å². The summed E-state index contributed by atoms with van der Waals surface area (Å²) in [5, 5.41) is 13.7. The van der Waals surface area contributed by atoms with E-state index in [4.69, 9.17) is 11.6 Å². The van der Waals surface area contributed by atoms with Gasteiger partial charge in [0, 0.05) is 21.8 Å². The zero-order chi connectivity index (χ0) is 13.9. The largest absolute Gasteiger partial charge is 0.364 e. The minimum atomic E-state index is 0.423. The van der Waals surface area contributed by atoms with Crippen molar-refractivity contribution in [2.24, 2.45) is 0 Å². The summed E-state index contributed by atoms with van der Waals surface area (Å²) in [5.74, 6) is 0.737. The first-order chi connectivity index (χ1) is 9.75. The molecule has 2 aromatic carbocycles. The second-order valence-electron chi connectivity index (χ2n) is 4.33. The fourth-order valence-electron chi connectivity index (χ4n) is 2.02. The molecule has 3 aromatic rings. The van der Waals surface area contributed by atoms with E-state index in [-0.39, 0.29) is 0 Å². The fourth-order valence-corrected chi connectivity index (χ4v) is 2.65. The Morgan fingerprint density at radius 1 is 0.950 bits per heavy atom. The molecular formula is C15H11BrClN3. The van der Waals surface area contributed by atoms with Crippen molar-refractivity contribution in [2.75, 3.05) is 5.32 Å². The molecule has 0 saturated carbocycles. The van der Waals surface area contributed by atoms with Crippen molar-refractivity contribution in [3.63, 3.8) is 0 Å². The Kier molecular flexibility index (Phi) is 3.85. The van der Waals surface area contributed by atoms with Gasteiger partial charge in [-0.2, -0.15) is 0 Å². The van der Waals surface area contributed by atoms with Gasteiger partial charge in [-0.1, -0.05) is 70.0 Å². The molecule has 0 aliphatic rings. The maximum atomic E-state index is 6.06. The first-order valence-corrected chi connectivity index (χ1v) is 7.31. The Morgan fingerprint density at radius 2 is 1.65 bits per heavy atom. The average Bonchev–Trinajstić information content (AvgIpc) is 2.48. The van der Waals surface area contributed by atoms with Crippen LogP contribution in [0.4, 0.5) is 5.82 Å². The van der Waals surface area contributed by atoms with E-state index >= 15 is 0 Å². The van der Waals surface area contributed by atoms with Gasteiger partial charge in [0.2, 0.25) is 0 Å². The number of halogens is 2. The first kappa shape index (κ1) is 13.3. The lowest BCUT2D eigenvalue weighted by atomic mass is 10.2. The minimum Gasteiger partial charge on any atom is -0.364 e. The maximum Gasteiger partial charge on any atom is 0.159 e. The van der Waals surface area contributed by atoms with Crippen molar-refractivity contribution < 1.29 is 0 Å². The van der Waals surface area contributed by atoms with Gasteiger partial charge in [0.1, 0.15) is 0 Å². The molecule has 0 radical (unpaired) electrons. The van der Waals surface area contributed by atoms with Crippen LogP contribution in [-0.4, -0.2) is 10.2 Å². The van der Waals surface area contributed by atoms with Crippen molar-refractivity contribution in [3.05, 3.63) is 63.7 Å². The predicted molar refractivity (Wildman–Crippen MR) is 86.0 cm³/mol.